The fourth-order valence-corrected chi connectivity index (χ4v) is 2.58. The first-order chi connectivity index (χ1) is 10.2. The number of hydrogen-bond donors (Lipinski definition) is 1. The third kappa shape index (κ3) is 14.3. The quantitative estimate of drug-likeness (QED) is 0.423. The minimum atomic E-state index is -0.279. The number of unbranched alkanes of at least 4 members (excludes halogenated alkanes) is 9. The molecule has 0 aliphatic rings. The average Bonchev–Trinajstić information content (AvgIpc) is 2.49. The average molecular weight is 299 g/mol. The minimum Gasteiger partial charge on any atom is -0.385 e. The first-order valence-electron chi connectivity index (χ1n) is 8.99. The molecule has 3 nitrogen and oxygen atoms in total. The van der Waals surface area contributed by atoms with Crippen LogP contribution in [-0.2, 0) is 9.53 Å². The molecule has 1 unspecified atom stereocenters. The maximum absolute atomic E-state index is 11.8. The number of methoxy groups -OCH3 is 1. The van der Waals surface area contributed by atoms with Gasteiger partial charge in [0, 0.05) is 20.1 Å². The molecule has 2 N–H and O–H groups in total. The second kappa shape index (κ2) is 16.0. The van der Waals surface area contributed by atoms with Crippen molar-refractivity contribution in [3.63, 3.8) is 0 Å². The lowest BCUT2D eigenvalue weighted by Gasteiger charge is -2.10. The molecule has 126 valence electrons. The molecule has 0 rings (SSSR count). The van der Waals surface area contributed by atoms with Crippen molar-refractivity contribution >= 4 is 5.78 Å². The van der Waals surface area contributed by atoms with Crippen LogP contribution in [-0.4, -0.2) is 25.5 Å². The van der Waals surface area contributed by atoms with Crippen LogP contribution in [0, 0.1) is 0 Å². The van der Waals surface area contributed by atoms with Crippen LogP contribution in [0.1, 0.15) is 90.4 Å². The van der Waals surface area contributed by atoms with Crippen molar-refractivity contribution in [3.8, 4) is 0 Å². The molecule has 1 atom stereocenters. The van der Waals surface area contributed by atoms with Gasteiger partial charge < -0.3 is 10.5 Å². The number of hydrogen-bond acceptors (Lipinski definition) is 3. The third-order valence-corrected chi connectivity index (χ3v) is 4.05. The van der Waals surface area contributed by atoms with E-state index in [1.54, 1.807) is 7.11 Å². The van der Waals surface area contributed by atoms with Gasteiger partial charge in [0.2, 0.25) is 0 Å². The number of carbonyl (C=O) groups excluding carboxylic acids is 1. The van der Waals surface area contributed by atoms with Gasteiger partial charge in [0.05, 0.1) is 6.04 Å². The first-order valence-corrected chi connectivity index (χ1v) is 8.99. The highest BCUT2D eigenvalue weighted by Gasteiger charge is 2.12. The van der Waals surface area contributed by atoms with E-state index in [0.717, 1.165) is 19.3 Å². The van der Waals surface area contributed by atoms with E-state index in [1.165, 1.54) is 57.8 Å². The van der Waals surface area contributed by atoms with Gasteiger partial charge in [-0.25, -0.2) is 0 Å². The molecule has 0 fully saturated rings. The summed E-state index contributed by atoms with van der Waals surface area (Å²) in [5, 5.41) is 0. The molecule has 0 aliphatic carbocycles. The van der Waals surface area contributed by atoms with Crippen molar-refractivity contribution in [2.75, 3.05) is 13.7 Å². The molecule has 0 aliphatic heterocycles. The summed E-state index contributed by atoms with van der Waals surface area (Å²) >= 11 is 0. The van der Waals surface area contributed by atoms with Crippen LogP contribution in [0.5, 0.6) is 0 Å². The SMILES string of the molecule is CCCCCCCCCCCCC(=O)C(N)CCCOC. The van der Waals surface area contributed by atoms with Gasteiger partial charge >= 0.3 is 0 Å². The lowest BCUT2D eigenvalue weighted by atomic mass is 10.0. The third-order valence-electron chi connectivity index (χ3n) is 4.05. The predicted octanol–water partition coefficient (Wildman–Crippen LogP) is 4.62. The van der Waals surface area contributed by atoms with E-state index in [1.807, 2.05) is 0 Å². The molecule has 0 aromatic rings. The second-order valence-electron chi connectivity index (χ2n) is 6.14. The topological polar surface area (TPSA) is 52.3 Å². The maximum Gasteiger partial charge on any atom is 0.149 e. The van der Waals surface area contributed by atoms with Crippen molar-refractivity contribution < 1.29 is 9.53 Å². The fraction of sp³-hybridized carbons (Fsp3) is 0.944. The molecule has 0 radical (unpaired) electrons. The van der Waals surface area contributed by atoms with E-state index in [4.69, 9.17) is 10.5 Å². The second-order valence-corrected chi connectivity index (χ2v) is 6.14. The summed E-state index contributed by atoms with van der Waals surface area (Å²) in [5.41, 5.74) is 5.87. The zero-order valence-corrected chi connectivity index (χ0v) is 14.4. The summed E-state index contributed by atoms with van der Waals surface area (Å²) in [6.07, 6.45) is 15.3. The smallest absolute Gasteiger partial charge is 0.149 e. The molecule has 21 heavy (non-hydrogen) atoms. The van der Waals surface area contributed by atoms with E-state index in [0.29, 0.717) is 13.0 Å². The van der Waals surface area contributed by atoms with Gasteiger partial charge in [0.1, 0.15) is 5.78 Å². The number of nitrogens with two attached hydrogens (primary N) is 1. The number of carbonyl (C=O) groups is 1. The Balaban J connectivity index is 3.28. The Morgan fingerprint density at radius 1 is 0.905 bits per heavy atom. The van der Waals surface area contributed by atoms with E-state index < -0.39 is 0 Å². The van der Waals surface area contributed by atoms with Crippen LogP contribution in [0.3, 0.4) is 0 Å². The molecule has 0 amide bonds. The normalized spacial score (nSPS) is 12.5. The zero-order valence-electron chi connectivity index (χ0n) is 14.4. The van der Waals surface area contributed by atoms with Crippen molar-refractivity contribution in [3.05, 3.63) is 0 Å². The minimum absolute atomic E-state index is 0.227. The van der Waals surface area contributed by atoms with Gasteiger partial charge in [-0.2, -0.15) is 0 Å². The Bertz CT molecular complexity index is 231. The molecule has 0 bridgehead atoms. The maximum atomic E-state index is 11.8. The van der Waals surface area contributed by atoms with E-state index in [-0.39, 0.29) is 11.8 Å². The Labute approximate surface area is 132 Å². The molecular formula is C18H37NO2. The summed E-state index contributed by atoms with van der Waals surface area (Å²) in [5.74, 6) is 0.227. The zero-order chi connectivity index (χ0) is 15.8. The van der Waals surface area contributed by atoms with Crippen LogP contribution in [0.25, 0.3) is 0 Å². The summed E-state index contributed by atoms with van der Waals surface area (Å²) in [4.78, 5) is 11.8. The Morgan fingerprint density at radius 2 is 1.43 bits per heavy atom. The number of ketones is 1. The van der Waals surface area contributed by atoms with Crippen LogP contribution in [0.2, 0.25) is 0 Å². The highest BCUT2D eigenvalue weighted by atomic mass is 16.5. The molecule has 0 saturated heterocycles. The standard InChI is InChI=1S/C18H37NO2/c1-3-4-5-6-7-8-9-10-11-12-15-18(20)17(19)14-13-16-21-2/h17H,3-16,19H2,1-2H3. The Kier molecular flexibility index (Phi) is 15.7. The molecule has 3 heteroatoms. The first kappa shape index (κ1) is 20.6. The van der Waals surface area contributed by atoms with E-state index in [9.17, 15) is 4.79 Å². The largest absolute Gasteiger partial charge is 0.385 e. The van der Waals surface area contributed by atoms with Gasteiger partial charge in [-0.3, -0.25) is 4.79 Å². The molecule has 0 aromatic heterocycles. The van der Waals surface area contributed by atoms with Crippen LogP contribution in [0.15, 0.2) is 0 Å². The molecule has 0 aromatic carbocycles. The van der Waals surface area contributed by atoms with Crippen LogP contribution >= 0.6 is 0 Å². The lowest BCUT2D eigenvalue weighted by molar-refractivity contribution is -0.120. The molecule has 0 saturated carbocycles. The van der Waals surface area contributed by atoms with Gasteiger partial charge in [0.25, 0.3) is 0 Å². The van der Waals surface area contributed by atoms with Crippen molar-refractivity contribution in [2.45, 2.75) is 96.4 Å². The monoisotopic (exact) mass is 299 g/mol. The van der Waals surface area contributed by atoms with E-state index >= 15 is 0 Å². The van der Waals surface area contributed by atoms with Crippen molar-refractivity contribution in [1.29, 1.82) is 0 Å². The van der Waals surface area contributed by atoms with Gasteiger partial charge in [-0.05, 0) is 19.3 Å². The Morgan fingerprint density at radius 3 is 1.95 bits per heavy atom. The lowest BCUT2D eigenvalue weighted by Crippen LogP contribution is -2.30. The van der Waals surface area contributed by atoms with E-state index in [2.05, 4.69) is 6.92 Å². The molecule has 0 spiro atoms. The highest BCUT2D eigenvalue weighted by Crippen LogP contribution is 2.12. The summed E-state index contributed by atoms with van der Waals surface area (Å²) in [6.45, 7) is 2.95. The number of rotatable bonds is 16. The van der Waals surface area contributed by atoms with Crippen molar-refractivity contribution in [2.24, 2.45) is 5.73 Å². The molecule has 0 heterocycles. The summed E-state index contributed by atoms with van der Waals surface area (Å²) < 4.78 is 4.97. The number of ether oxygens (including phenoxy) is 1. The number of Topliss-reactive ketones (excluding diaryl/α,β-unsaturated/α-hetero) is 1. The van der Waals surface area contributed by atoms with Crippen LogP contribution in [0.4, 0.5) is 0 Å². The van der Waals surface area contributed by atoms with Gasteiger partial charge in [-0.1, -0.05) is 64.7 Å². The van der Waals surface area contributed by atoms with Crippen LogP contribution < -0.4 is 5.73 Å². The van der Waals surface area contributed by atoms with Crippen molar-refractivity contribution in [1.82, 2.24) is 0 Å². The predicted molar refractivity (Wildman–Crippen MR) is 90.6 cm³/mol. The summed E-state index contributed by atoms with van der Waals surface area (Å²) in [7, 11) is 1.68. The highest BCUT2D eigenvalue weighted by molar-refractivity contribution is 5.83. The molecular weight excluding hydrogens is 262 g/mol. The van der Waals surface area contributed by atoms with Gasteiger partial charge in [0.15, 0.2) is 0 Å². The Hall–Kier alpha value is -0.410. The van der Waals surface area contributed by atoms with Gasteiger partial charge in [-0.15, -0.1) is 0 Å². The summed E-state index contributed by atoms with van der Waals surface area (Å²) in [6, 6.07) is -0.279. The fourth-order valence-electron chi connectivity index (χ4n) is 2.58.